The number of nitrogens with one attached hydrogen (secondary N) is 1. The first kappa shape index (κ1) is 19.7. The molecule has 1 aromatic carbocycles. The van der Waals surface area contributed by atoms with Crippen LogP contribution in [0.1, 0.15) is 62.2 Å². The number of rotatable bonds is 11. The molecule has 0 radical (unpaired) electrons. The molecule has 0 atom stereocenters. The molecule has 1 N–H and O–H groups in total. The van der Waals surface area contributed by atoms with E-state index in [2.05, 4.69) is 28.2 Å². The van der Waals surface area contributed by atoms with Crippen LogP contribution in [0.5, 0.6) is 0 Å². The van der Waals surface area contributed by atoms with Crippen LogP contribution >= 0.6 is 15.9 Å². The highest BCUT2D eigenvalue weighted by Crippen LogP contribution is 2.11. The quantitative estimate of drug-likeness (QED) is 0.452. The monoisotopic (exact) mass is 383 g/mol. The number of carbonyl (C=O) groups excluding carboxylic acids is 2. The van der Waals surface area contributed by atoms with E-state index in [1.807, 2.05) is 6.07 Å². The minimum atomic E-state index is -0.256. The zero-order valence-electron chi connectivity index (χ0n) is 13.8. The number of hydrogen-bond donors (Lipinski definition) is 1. The first-order chi connectivity index (χ1) is 11.1. The standard InChI is InChI=1S/C18H26BrNO3/c1-2-3-4-5-6-7-13-23-17(21)11-12-20-18(22)15-9-8-10-16(19)14-15/h8-10,14H,2-7,11-13H2,1H3,(H,20,22). The van der Waals surface area contributed by atoms with Crippen molar-refractivity contribution < 1.29 is 14.3 Å². The number of ether oxygens (including phenoxy) is 1. The van der Waals surface area contributed by atoms with Gasteiger partial charge in [-0.25, -0.2) is 0 Å². The Labute approximate surface area is 147 Å². The van der Waals surface area contributed by atoms with Crippen molar-refractivity contribution in [2.45, 2.75) is 51.9 Å². The molecule has 4 nitrogen and oxygen atoms in total. The highest BCUT2D eigenvalue weighted by molar-refractivity contribution is 9.10. The fraction of sp³-hybridized carbons (Fsp3) is 0.556. The molecule has 1 amide bonds. The Morgan fingerprint density at radius 1 is 1.13 bits per heavy atom. The lowest BCUT2D eigenvalue weighted by Gasteiger charge is -2.07. The molecular weight excluding hydrogens is 358 g/mol. The number of amides is 1. The normalized spacial score (nSPS) is 10.3. The van der Waals surface area contributed by atoms with Crippen LogP contribution in [0.15, 0.2) is 28.7 Å². The summed E-state index contributed by atoms with van der Waals surface area (Å²) in [5.41, 5.74) is 0.569. The van der Waals surface area contributed by atoms with Crippen molar-refractivity contribution in [1.29, 1.82) is 0 Å². The Bertz CT molecular complexity index is 491. The minimum absolute atomic E-state index is 0.185. The number of esters is 1. The van der Waals surface area contributed by atoms with E-state index in [-0.39, 0.29) is 18.3 Å². The van der Waals surface area contributed by atoms with Crippen LogP contribution in [0.3, 0.4) is 0 Å². The Kier molecular flexibility index (Phi) is 10.4. The summed E-state index contributed by atoms with van der Waals surface area (Å²) in [5, 5.41) is 2.72. The fourth-order valence-electron chi connectivity index (χ4n) is 2.15. The molecule has 0 heterocycles. The fourth-order valence-corrected chi connectivity index (χ4v) is 2.55. The van der Waals surface area contributed by atoms with E-state index in [1.165, 1.54) is 25.7 Å². The molecule has 0 saturated heterocycles. The second-order valence-corrected chi connectivity index (χ2v) is 6.42. The van der Waals surface area contributed by atoms with Gasteiger partial charge in [-0.2, -0.15) is 0 Å². The molecule has 0 unspecified atom stereocenters. The summed E-state index contributed by atoms with van der Waals surface area (Å²) in [6.45, 7) is 2.96. The number of unbranched alkanes of at least 4 members (excludes halogenated alkanes) is 5. The van der Waals surface area contributed by atoms with Crippen LogP contribution in [0.25, 0.3) is 0 Å². The molecule has 1 rings (SSSR count). The van der Waals surface area contributed by atoms with Gasteiger partial charge in [0.25, 0.3) is 5.91 Å². The van der Waals surface area contributed by atoms with Crippen molar-refractivity contribution in [3.63, 3.8) is 0 Å². The van der Waals surface area contributed by atoms with Gasteiger partial charge >= 0.3 is 5.97 Å². The van der Waals surface area contributed by atoms with Gasteiger partial charge in [-0.05, 0) is 24.6 Å². The van der Waals surface area contributed by atoms with Gasteiger partial charge in [-0.1, -0.05) is 61.0 Å². The largest absolute Gasteiger partial charge is 0.466 e. The summed E-state index contributed by atoms with van der Waals surface area (Å²) in [4.78, 5) is 23.4. The lowest BCUT2D eigenvalue weighted by molar-refractivity contribution is -0.143. The number of halogens is 1. The van der Waals surface area contributed by atoms with Crippen molar-refractivity contribution >= 4 is 27.8 Å². The zero-order chi connectivity index (χ0) is 16.9. The summed E-state index contributed by atoms with van der Waals surface area (Å²) in [6, 6.07) is 7.13. The third-order valence-electron chi connectivity index (χ3n) is 3.46. The van der Waals surface area contributed by atoms with Gasteiger partial charge in [0.15, 0.2) is 0 Å². The Morgan fingerprint density at radius 2 is 1.87 bits per heavy atom. The van der Waals surface area contributed by atoms with Crippen molar-refractivity contribution in [1.82, 2.24) is 5.32 Å². The molecule has 0 aliphatic rings. The molecule has 0 aliphatic heterocycles. The summed E-state index contributed by atoms with van der Waals surface area (Å²) in [7, 11) is 0. The Hall–Kier alpha value is -1.36. The molecule has 0 spiro atoms. The second kappa shape index (κ2) is 12.1. The summed E-state index contributed by atoms with van der Waals surface area (Å²) in [6.07, 6.45) is 7.20. The minimum Gasteiger partial charge on any atom is -0.466 e. The van der Waals surface area contributed by atoms with Gasteiger partial charge in [0.05, 0.1) is 13.0 Å². The van der Waals surface area contributed by atoms with Crippen LogP contribution < -0.4 is 5.32 Å². The smallest absolute Gasteiger partial charge is 0.307 e. The second-order valence-electron chi connectivity index (χ2n) is 5.50. The molecule has 0 fully saturated rings. The van der Waals surface area contributed by atoms with Gasteiger partial charge < -0.3 is 10.1 Å². The molecule has 23 heavy (non-hydrogen) atoms. The predicted octanol–water partition coefficient (Wildman–Crippen LogP) is 4.47. The number of hydrogen-bond acceptors (Lipinski definition) is 3. The van der Waals surface area contributed by atoms with E-state index in [4.69, 9.17) is 4.74 Å². The molecule has 0 saturated carbocycles. The van der Waals surface area contributed by atoms with E-state index in [1.54, 1.807) is 18.2 Å². The molecular formula is C18H26BrNO3. The lowest BCUT2D eigenvalue weighted by atomic mass is 10.1. The first-order valence-electron chi connectivity index (χ1n) is 8.33. The SMILES string of the molecule is CCCCCCCCOC(=O)CCNC(=O)c1cccc(Br)c1. The molecule has 0 aliphatic carbocycles. The summed E-state index contributed by atoms with van der Waals surface area (Å²) < 4.78 is 6.01. The first-order valence-corrected chi connectivity index (χ1v) is 9.12. The van der Waals surface area contributed by atoms with Crippen molar-refractivity contribution in [3.8, 4) is 0 Å². The lowest BCUT2D eigenvalue weighted by Crippen LogP contribution is -2.26. The van der Waals surface area contributed by atoms with Crippen molar-refractivity contribution in [2.24, 2.45) is 0 Å². The maximum absolute atomic E-state index is 11.9. The summed E-state index contributed by atoms with van der Waals surface area (Å²) in [5.74, 6) is -0.442. The van der Waals surface area contributed by atoms with E-state index in [0.29, 0.717) is 18.7 Å². The zero-order valence-corrected chi connectivity index (χ0v) is 15.4. The summed E-state index contributed by atoms with van der Waals surface area (Å²) >= 11 is 3.32. The number of carbonyl (C=O) groups is 2. The Morgan fingerprint density at radius 3 is 2.61 bits per heavy atom. The Balaban J connectivity index is 2.06. The van der Waals surface area contributed by atoms with E-state index in [0.717, 1.165) is 17.3 Å². The average molecular weight is 384 g/mol. The van der Waals surface area contributed by atoms with Crippen LogP contribution in [0.4, 0.5) is 0 Å². The van der Waals surface area contributed by atoms with Gasteiger partial charge in [0.1, 0.15) is 0 Å². The molecule has 128 valence electrons. The van der Waals surface area contributed by atoms with Gasteiger partial charge in [-0.15, -0.1) is 0 Å². The maximum atomic E-state index is 11.9. The van der Waals surface area contributed by atoms with Crippen LogP contribution in [0, 0.1) is 0 Å². The van der Waals surface area contributed by atoms with Gasteiger partial charge in [0.2, 0.25) is 0 Å². The third kappa shape index (κ3) is 9.39. The molecule has 1 aromatic rings. The van der Waals surface area contributed by atoms with Crippen LogP contribution in [0.2, 0.25) is 0 Å². The van der Waals surface area contributed by atoms with E-state index >= 15 is 0 Å². The number of benzene rings is 1. The molecule has 0 aromatic heterocycles. The average Bonchev–Trinajstić information content (AvgIpc) is 2.54. The van der Waals surface area contributed by atoms with Gasteiger partial charge in [0, 0.05) is 16.6 Å². The van der Waals surface area contributed by atoms with E-state index < -0.39 is 0 Å². The maximum Gasteiger partial charge on any atom is 0.307 e. The van der Waals surface area contributed by atoms with Crippen molar-refractivity contribution in [2.75, 3.05) is 13.2 Å². The third-order valence-corrected chi connectivity index (χ3v) is 3.96. The van der Waals surface area contributed by atoms with Gasteiger partial charge in [-0.3, -0.25) is 9.59 Å². The highest BCUT2D eigenvalue weighted by atomic mass is 79.9. The molecule has 5 heteroatoms. The van der Waals surface area contributed by atoms with Crippen LogP contribution in [-0.4, -0.2) is 25.0 Å². The molecule has 0 bridgehead atoms. The topological polar surface area (TPSA) is 55.4 Å². The van der Waals surface area contributed by atoms with Crippen LogP contribution in [-0.2, 0) is 9.53 Å². The van der Waals surface area contributed by atoms with Crippen molar-refractivity contribution in [3.05, 3.63) is 34.3 Å². The predicted molar refractivity (Wildman–Crippen MR) is 95.4 cm³/mol. The highest BCUT2D eigenvalue weighted by Gasteiger charge is 2.07. The van der Waals surface area contributed by atoms with E-state index in [9.17, 15) is 9.59 Å².